The van der Waals surface area contributed by atoms with E-state index >= 15 is 0 Å². The summed E-state index contributed by atoms with van der Waals surface area (Å²) in [4.78, 5) is 27.0. The van der Waals surface area contributed by atoms with Crippen molar-refractivity contribution in [3.63, 3.8) is 0 Å². The SMILES string of the molecule is CC1=NN(c2ccccc2)C(=O)[C@@]12[C@H](c1cccc(Br)c1)[C@@H]([N+](=O)[O-])[C@H](c1ccc(Cl)cc1)C[C@@]2(C)O. The van der Waals surface area contributed by atoms with Crippen molar-refractivity contribution in [1.82, 2.24) is 0 Å². The Kier molecular flexibility index (Phi) is 6.46. The number of carbonyl (C=O) groups is 1. The lowest BCUT2D eigenvalue weighted by molar-refractivity contribution is -0.539. The van der Waals surface area contributed by atoms with Crippen LogP contribution in [-0.2, 0) is 4.79 Å². The van der Waals surface area contributed by atoms with Gasteiger partial charge >= 0.3 is 0 Å². The Bertz CT molecular complexity index is 1400. The first-order valence-electron chi connectivity index (χ1n) is 11.9. The molecule has 1 aliphatic carbocycles. The molecule has 1 heterocycles. The van der Waals surface area contributed by atoms with E-state index in [1.54, 1.807) is 80.6 Å². The molecule has 1 fully saturated rings. The van der Waals surface area contributed by atoms with Crippen molar-refractivity contribution in [2.24, 2.45) is 10.5 Å². The number of carbonyl (C=O) groups excluding carboxylic acids is 1. The minimum atomic E-state index is -1.66. The Hall–Kier alpha value is -3.07. The molecule has 3 aromatic rings. The average Bonchev–Trinajstić information content (AvgIpc) is 3.12. The van der Waals surface area contributed by atoms with E-state index in [1.165, 1.54) is 5.01 Å². The summed E-state index contributed by atoms with van der Waals surface area (Å²) in [5, 5.41) is 31.5. The maximum absolute atomic E-state index is 14.4. The highest BCUT2D eigenvalue weighted by molar-refractivity contribution is 9.10. The van der Waals surface area contributed by atoms with Gasteiger partial charge in [-0.05, 0) is 67.8 Å². The number of aliphatic hydroxyl groups is 1. The van der Waals surface area contributed by atoms with Crippen molar-refractivity contribution < 1.29 is 14.8 Å². The number of anilines is 1. The van der Waals surface area contributed by atoms with E-state index in [0.29, 0.717) is 27.5 Å². The summed E-state index contributed by atoms with van der Waals surface area (Å²) in [7, 11) is 0. The summed E-state index contributed by atoms with van der Waals surface area (Å²) in [5.41, 5.74) is -1.19. The number of para-hydroxylation sites is 1. The lowest BCUT2D eigenvalue weighted by atomic mass is 9.49. The fourth-order valence-corrected chi connectivity index (χ4v) is 6.84. The number of hydrogen-bond donors (Lipinski definition) is 1. The van der Waals surface area contributed by atoms with Gasteiger partial charge in [-0.1, -0.05) is 70.0 Å². The van der Waals surface area contributed by atoms with Crippen LogP contribution in [0, 0.1) is 15.5 Å². The second kappa shape index (κ2) is 9.35. The van der Waals surface area contributed by atoms with Crippen molar-refractivity contribution in [3.8, 4) is 0 Å². The van der Waals surface area contributed by atoms with E-state index in [0.717, 1.165) is 4.47 Å². The zero-order chi connectivity index (χ0) is 26.5. The van der Waals surface area contributed by atoms with Crippen LogP contribution in [0.3, 0.4) is 0 Å². The molecule has 1 amide bonds. The predicted molar refractivity (Wildman–Crippen MR) is 147 cm³/mol. The zero-order valence-corrected chi connectivity index (χ0v) is 22.6. The first kappa shape index (κ1) is 25.6. The van der Waals surface area contributed by atoms with Crippen LogP contribution in [0.5, 0.6) is 0 Å². The number of hydrazone groups is 1. The van der Waals surface area contributed by atoms with Gasteiger partial charge in [0.2, 0.25) is 6.04 Å². The minimum absolute atomic E-state index is 0.00792. The molecule has 0 aromatic heterocycles. The molecule has 1 aliphatic heterocycles. The predicted octanol–water partition coefficient (Wildman–Crippen LogP) is 6.18. The van der Waals surface area contributed by atoms with Gasteiger partial charge in [-0.2, -0.15) is 10.1 Å². The second-order valence-electron chi connectivity index (χ2n) is 9.89. The van der Waals surface area contributed by atoms with Gasteiger partial charge in [-0.3, -0.25) is 14.9 Å². The smallest absolute Gasteiger partial charge is 0.263 e. The molecule has 7 nitrogen and oxygen atoms in total. The van der Waals surface area contributed by atoms with Crippen LogP contribution in [0.25, 0.3) is 0 Å². The van der Waals surface area contributed by atoms with E-state index in [4.69, 9.17) is 11.6 Å². The average molecular weight is 583 g/mol. The van der Waals surface area contributed by atoms with E-state index in [9.17, 15) is 20.0 Å². The molecule has 1 N–H and O–H groups in total. The largest absolute Gasteiger partial charge is 0.389 e. The molecule has 1 spiro atoms. The summed E-state index contributed by atoms with van der Waals surface area (Å²) in [6, 6.07) is 21.7. The highest BCUT2D eigenvalue weighted by Gasteiger charge is 2.72. The Labute approximate surface area is 228 Å². The van der Waals surface area contributed by atoms with Gasteiger partial charge in [0.1, 0.15) is 5.41 Å². The van der Waals surface area contributed by atoms with Crippen molar-refractivity contribution in [2.45, 2.75) is 43.7 Å². The lowest BCUT2D eigenvalue weighted by Crippen LogP contribution is -2.66. The van der Waals surface area contributed by atoms with Crippen LogP contribution in [0.2, 0.25) is 5.02 Å². The highest BCUT2D eigenvalue weighted by Crippen LogP contribution is 2.61. The Morgan fingerprint density at radius 1 is 1.08 bits per heavy atom. The van der Waals surface area contributed by atoms with Crippen LogP contribution in [0.15, 0.2) is 88.4 Å². The monoisotopic (exact) mass is 581 g/mol. The molecule has 0 bridgehead atoms. The lowest BCUT2D eigenvalue weighted by Gasteiger charge is -2.53. The summed E-state index contributed by atoms with van der Waals surface area (Å²) in [5.74, 6) is -2.16. The third-order valence-electron chi connectivity index (χ3n) is 7.79. The van der Waals surface area contributed by atoms with Crippen LogP contribution in [-0.4, -0.2) is 33.3 Å². The van der Waals surface area contributed by atoms with Crippen LogP contribution >= 0.6 is 27.5 Å². The number of nitrogens with zero attached hydrogens (tertiary/aromatic N) is 3. The normalized spacial score (nSPS) is 29.4. The molecule has 37 heavy (non-hydrogen) atoms. The van der Waals surface area contributed by atoms with Crippen molar-refractivity contribution >= 4 is 44.8 Å². The van der Waals surface area contributed by atoms with Gasteiger partial charge in [-0.15, -0.1) is 0 Å². The highest BCUT2D eigenvalue weighted by atomic mass is 79.9. The molecule has 190 valence electrons. The van der Waals surface area contributed by atoms with Crippen LogP contribution in [0.4, 0.5) is 5.69 Å². The fourth-order valence-electron chi connectivity index (χ4n) is 6.29. The second-order valence-corrected chi connectivity index (χ2v) is 11.2. The van der Waals surface area contributed by atoms with Gasteiger partial charge in [0.15, 0.2) is 0 Å². The van der Waals surface area contributed by atoms with E-state index in [2.05, 4.69) is 21.0 Å². The molecule has 5 atom stereocenters. The number of nitro groups is 1. The zero-order valence-electron chi connectivity index (χ0n) is 20.2. The first-order valence-corrected chi connectivity index (χ1v) is 13.1. The van der Waals surface area contributed by atoms with Gasteiger partial charge in [0, 0.05) is 14.4 Å². The fraction of sp³-hybridized carbons (Fsp3) is 0.286. The number of halogens is 2. The molecule has 3 aromatic carbocycles. The molecule has 0 radical (unpaired) electrons. The number of benzene rings is 3. The van der Waals surface area contributed by atoms with Gasteiger partial charge < -0.3 is 5.11 Å². The van der Waals surface area contributed by atoms with E-state index in [-0.39, 0.29) is 11.3 Å². The minimum Gasteiger partial charge on any atom is -0.389 e. The van der Waals surface area contributed by atoms with E-state index < -0.39 is 34.8 Å². The topological polar surface area (TPSA) is 96.0 Å². The Morgan fingerprint density at radius 3 is 2.38 bits per heavy atom. The Balaban J connectivity index is 1.77. The van der Waals surface area contributed by atoms with Crippen molar-refractivity contribution in [2.75, 3.05) is 5.01 Å². The quantitative estimate of drug-likeness (QED) is 0.294. The van der Waals surface area contributed by atoms with Gasteiger partial charge in [0.05, 0.1) is 28.8 Å². The molecule has 1 saturated carbocycles. The van der Waals surface area contributed by atoms with Crippen molar-refractivity contribution in [1.29, 1.82) is 0 Å². The molecule has 5 rings (SSSR count). The molecule has 0 saturated heterocycles. The van der Waals surface area contributed by atoms with Crippen molar-refractivity contribution in [3.05, 3.63) is 110 Å². The summed E-state index contributed by atoms with van der Waals surface area (Å²) in [6.45, 7) is 3.28. The molecule has 2 aliphatic rings. The number of rotatable bonds is 4. The molecular weight excluding hydrogens is 558 g/mol. The first-order chi connectivity index (χ1) is 17.6. The molecule has 0 unspecified atom stereocenters. The summed E-state index contributed by atoms with van der Waals surface area (Å²) in [6.07, 6.45) is -0.00792. The standard InChI is InChI=1S/C28H25BrClN3O4/c1-17-28(26(34)32(31-17)22-9-4-3-5-10-22)24(19-7-6-8-20(29)15-19)25(33(36)37)23(16-27(28,2)35)18-11-13-21(30)14-12-18/h3-15,23-25,35H,16H2,1-2H3/t23-,24+,25-,27+,28-/m0/s1. The Morgan fingerprint density at radius 2 is 1.76 bits per heavy atom. The van der Waals surface area contributed by atoms with E-state index in [1.807, 2.05) is 12.1 Å². The number of amides is 1. The molecular formula is C28H25BrClN3O4. The summed E-state index contributed by atoms with van der Waals surface area (Å²) < 4.78 is 0.718. The molecule has 9 heteroatoms. The third kappa shape index (κ3) is 3.98. The summed E-state index contributed by atoms with van der Waals surface area (Å²) >= 11 is 9.59. The maximum Gasteiger partial charge on any atom is 0.263 e. The maximum atomic E-state index is 14.4. The number of hydrogen-bond acceptors (Lipinski definition) is 5. The van der Waals surface area contributed by atoms with Crippen LogP contribution in [0.1, 0.15) is 43.2 Å². The van der Waals surface area contributed by atoms with Gasteiger partial charge in [-0.25, -0.2) is 0 Å². The third-order valence-corrected chi connectivity index (χ3v) is 8.53. The van der Waals surface area contributed by atoms with Gasteiger partial charge in [0.25, 0.3) is 5.91 Å². The van der Waals surface area contributed by atoms with Crippen LogP contribution < -0.4 is 5.01 Å².